The number of benzene rings is 1. The summed E-state index contributed by atoms with van der Waals surface area (Å²) in [5.41, 5.74) is 1.05. The fourth-order valence-electron chi connectivity index (χ4n) is 2.47. The summed E-state index contributed by atoms with van der Waals surface area (Å²) in [4.78, 5) is 25.9. The number of aryl methyl sites for hydroxylation is 1. The van der Waals surface area contributed by atoms with E-state index in [9.17, 15) is 9.59 Å². The molecule has 0 saturated carbocycles. The second-order valence-corrected chi connectivity index (χ2v) is 6.74. The fourth-order valence-corrected chi connectivity index (χ4v) is 2.85. The van der Waals surface area contributed by atoms with Crippen LogP contribution in [0.1, 0.15) is 18.0 Å². The van der Waals surface area contributed by atoms with Crippen LogP contribution in [0, 0.1) is 0 Å². The maximum atomic E-state index is 12.1. The maximum absolute atomic E-state index is 12.1. The van der Waals surface area contributed by atoms with Crippen molar-refractivity contribution in [3.63, 3.8) is 0 Å². The standard InChI is InChI=1S/C18H22BrN3O2/c1-21(2)16(14-6-4-3-5-7-14)12-20-17(23)10-11-22-13-15(19)8-9-18(22)24/h3-9,13,16H,10-12H2,1-2H3,(H,20,23). The molecule has 1 N–H and O–H groups in total. The molecule has 0 bridgehead atoms. The molecule has 1 amide bonds. The number of hydrogen-bond donors (Lipinski definition) is 1. The molecule has 24 heavy (non-hydrogen) atoms. The second kappa shape index (κ2) is 8.80. The highest BCUT2D eigenvalue weighted by Crippen LogP contribution is 2.16. The number of nitrogens with one attached hydrogen (secondary N) is 1. The number of pyridine rings is 1. The van der Waals surface area contributed by atoms with Crippen molar-refractivity contribution in [1.82, 2.24) is 14.8 Å². The van der Waals surface area contributed by atoms with Crippen LogP contribution in [0.25, 0.3) is 0 Å². The number of rotatable bonds is 7. The van der Waals surface area contributed by atoms with Crippen LogP contribution in [0.4, 0.5) is 0 Å². The van der Waals surface area contributed by atoms with Crippen LogP contribution in [0.3, 0.4) is 0 Å². The van der Waals surface area contributed by atoms with E-state index in [0.717, 1.165) is 10.0 Å². The van der Waals surface area contributed by atoms with Gasteiger partial charge >= 0.3 is 0 Å². The number of aromatic nitrogens is 1. The molecule has 0 fully saturated rings. The Morgan fingerprint density at radius 3 is 2.58 bits per heavy atom. The van der Waals surface area contributed by atoms with Crippen molar-refractivity contribution >= 4 is 21.8 Å². The summed E-state index contributed by atoms with van der Waals surface area (Å²) in [6, 6.07) is 13.4. The van der Waals surface area contributed by atoms with Gasteiger partial charge in [0.2, 0.25) is 5.91 Å². The third-order valence-corrected chi connectivity index (χ3v) is 4.30. The van der Waals surface area contributed by atoms with E-state index >= 15 is 0 Å². The molecule has 0 aliphatic carbocycles. The molecule has 1 aromatic carbocycles. The molecule has 1 atom stereocenters. The zero-order valence-corrected chi connectivity index (χ0v) is 15.5. The minimum absolute atomic E-state index is 0.0651. The summed E-state index contributed by atoms with van der Waals surface area (Å²) in [5, 5.41) is 2.96. The third kappa shape index (κ3) is 5.32. The Morgan fingerprint density at radius 1 is 1.21 bits per heavy atom. The first kappa shape index (κ1) is 18.4. The Morgan fingerprint density at radius 2 is 1.92 bits per heavy atom. The highest BCUT2D eigenvalue weighted by atomic mass is 79.9. The molecule has 0 saturated heterocycles. The Kier molecular flexibility index (Phi) is 6.75. The predicted molar refractivity (Wildman–Crippen MR) is 98.9 cm³/mol. The summed E-state index contributed by atoms with van der Waals surface area (Å²) in [6.07, 6.45) is 1.97. The largest absolute Gasteiger partial charge is 0.354 e. The van der Waals surface area contributed by atoms with E-state index in [1.54, 1.807) is 12.3 Å². The molecular weight excluding hydrogens is 370 g/mol. The van der Waals surface area contributed by atoms with E-state index in [1.165, 1.54) is 10.6 Å². The molecule has 2 aromatic rings. The lowest BCUT2D eigenvalue weighted by atomic mass is 10.1. The summed E-state index contributed by atoms with van der Waals surface area (Å²) in [7, 11) is 3.98. The summed E-state index contributed by atoms with van der Waals surface area (Å²) < 4.78 is 2.35. The smallest absolute Gasteiger partial charge is 0.250 e. The van der Waals surface area contributed by atoms with Gasteiger partial charge in [0.15, 0.2) is 0 Å². The van der Waals surface area contributed by atoms with E-state index in [2.05, 4.69) is 38.3 Å². The van der Waals surface area contributed by atoms with Gasteiger partial charge in [0, 0.05) is 36.2 Å². The fraction of sp³-hybridized carbons (Fsp3) is 0.333. The average Bonchev–Trinajstić information content (AvgIpc) is 2.56. The molecule has 0 radical (unpaired) electrons. The molecule has 128 valence electrons. The number of amides is 1. The van der Waals surface area contributed by atoms with Crippen molar-refractivity contribution in [2.45, 2.75) is 19.0 Å². The van der Waals surface area contributed by atoms with Gasteiger partial charge in [0.05, 0.1) is 6.04 Å². The summed E-state index contributed by atoms with van der Waals surface area (Å²) >= 11 is 3.33. The molecule has 1 unspecified atom stereocenters. The van der Waals surface area contributed by atoms with Crippen molar-refractivity contribution < 1.29 is 4.79 Å². The third-order valence-electron chi connectivity index (χ3n) is 3.83. The van der Waals surface area contributed by atoms with Crippen molar-refractivity contribution in [1.29, 1.82) is 0 Å². The Hall–Kier alpha value is -1.92. The maximum Gasteiger partial charge on any atom is 0.250 e. The molecule has 0 spiro atoms. The van der Waals surface area contributed by atoms with Crippen LogP contribution >= 0.6 is 15.9 Å². The molecule has 0 aliphatic rings. The molecule has 2 rings (SSSR count). The van der Waals surface area contributed by atoms with E-state index < -0.39 is 0 Å². The highest BCUT2D eigenvalue weighted by molar-refractivity contribution is 9.10. The van der Waals surface area contributed by atoms with Crippen LogP contribution in [0.15, 0.2) is 57.9 Å². The van der Waals surface area contributed by atoms with Crippen molar-refractivity contribution in [3.05, 3.63) is 69.1 Å². The van der Waals surface area contributed by atoms with Crippen LogP contribution in [0.5, 0.6) is 0 Å². The first-order valence-corrected chi connectivity index (χ1v) is 8.60. The van der Waals surface area contributed by atoms with Gasteiger partial charge in [0.1, 0.15) is 0 Å². The number of hydrogen-bond acceptors (Lipinski definition) is 3. The Bertz CT molecular complexity index is 729. The molecule has 1 heterocycles. The Balaban J connectivity index is 1.90. The minimum Gasteiger partial charge on any atom is -0.354 e. The summed E-state index contributed by atoms with van der Waals surface area (Å²) in [5.74, 6) is -0.0651. The molecule has 1 aromatic heterocycles. The minimum atomic E-state index is -0.110. The Labute approximate surface area is 150 Å². The van der Waals surface area contributed by atoms with Gasteiger partial charge in [-0.3, -0.25) is 9.59 Å². The molecule has 6 heteroatoms. The normalized spacial score (nSPS) is 12.2. The van der Waals surface area contributed by atoms with E-state index in [1.807, 2.05) is 32.3 Å². The lowest BCUT2D eigenvalue weighted by Gasteiger charge is -2.25. The first-order chi connectivity index (χ1) is 11.5. The molecule has 5 nitrogen and oxygen atoms in total. The predicted octanol–water partition coefficient (Wildman–Crippen LogP) is 2.42. The SMILES string of the molecule is CN(C)C(CNC(=O)CCn1cc(Br)ccc1=O)c1ccccc1. The van der Waals surface area contributed by atoms with Gasteiger partial charge in [-0.05, 0) is 41.7 Å². The number of carbonyl (C=O) groups is 1. The van der Waals surface area contributed by atoms with Gasteiger partial charge in [-0.15, -0.1) is 0 Å². The number of halogens is 1. The van der Waals surface area contributed by atoms with Crippen molar-refractivity contribution in [2.75, 3.05) is 20.6 Å². The zero-order chi connectivity index (χ0) is 17.5. The lowest BCUT2D eigenvalue weighted by Crippen LogP contribution is -2.35. The first-order valence-electron chi connectivity index (χ1n) is 7.81. The van der Waals surface area contributed by atoms with Gasteiger partial charge in [0.25, 0.3) is 5.56 Å². The number of carbonyl (C=O) groups excluding carboxylic acids is 1. The number of nitrogens with zero attached hydrogens (tertiary/aromatic N) is 2. The van der Waals surface area contributed by atoms with E-state index in [4.69, 9.17) is 0 Å². The monoisotopic (exact) mass is 391 g/mol. The van der Waals surface area contributed by atoms with Gasteiger partial charge < -0.3 is 14.8 Å². The van der Waals surface area contributed by atoms with Crippen LogP contribution in [0.2, 0.25) is 0 Å². The van der Waals surface area contributed by atoms with Crippen LogP contribution in [-0.4, -0.2) is 36.0 Å². The van der Waals surface area contributed by atoms with E-state index in [0.29, 0.717) is 13.1 Å². The van der Waals surface area contributed by atoms with Crippen LogP contribution in [-0.2, 0) is 11.3 Å². The number of likely N-dealkylation sites (N-methyl/N-ethyl adjacent to an activating group) is 1. The van der Waals surface area contributed by atoms with Crippen molar-refractivity contribution in [3.8, 4) is 0 Å². The molecular formula is C18H22BrN3O2. The lowest BCUT2D eigenvalue weighted by molar-refractivity contribution is -0.121. The second-order valence-electron chi connectivity index (χ2n) is 5.82. The van der Waals surface area contributed by atoms with Gasteiger partial charge in [-0.25, -0.2) is 0 Å². The zero-order valence-electron chi connectivity index (χ0n) is 13.9. The quantitative estimate of drug-likeness (QED) is 0.788. The van der Waals surface area contributed by atoms with E-state index in [-0.39, 0.29) is 23.9 Å². The van der Waals surface area contributed by atoms with Crippen molar-refractivity contribution in [2.24, 2.45) is 0 Å². The van der Waals surface area contributed by atoms with Crippen LogP contribution < -0.4 is 10.9 Å². The highest BCUT2D eigenvalue weighted by Gasteiger charge is 2.14. The van der Waals surface area contributed by atoms with Gasteiger partial charge in [-0.2, -0.15) is 0 Å². The average molecular weight is 392 g/mol. The topological polar surface area (TPSA) is 54.3 Å². The van der Waals surface area contributed by atoms with Gasteiger partial charge in [-0.1, -0.05) is 30.3 Å². The molecule has 0 aliphatic heterocycles. The summed E-state index contributed by atoms with van der Waals surface area (Å²) in [6.45, 7) is 0.894.